The van der Waals surface area contributed by atoms with E-state index in [2.05, 4.69) is 5.32 Å². The summed E-state index contributed by atoms with van der Waals surface area (Å²) in [5.74, 6) is 0.312. The second-order valence-electron chi connectivity index (χ2n) is 7.35. The number of amides is 2. The molecule has 2 atom stereocenters. The number of nitrogens with zero attached hydrogens (tertiary/aromatic N) is 1. The van der Waals surface area contributed by atoms with Crippen LogP contribution >= 0.6 is 0 Å². The minimum atomic E-state index is -0.661. The highest BCUT2D eigenvalue weighted by molar-refractivity contribution is 5.88. The average molecular weight is 431 g/mol. The number of ether oxygens (including phenoxy) is 2. The standard InChI is InChI=1S/C24H31FN2O4/c1-5-17(3)26-24(29)22(6-2)27(15-18-7-9-19(25)10-8-18)23(28)16-31-21-13-11-20(30-4)12-14-21/h7-14,17,22H,5-6,15-16H2,1-4H3,(H,26,29)/t17-,22-/m1/s1. The Morgan fingerprint density at radius 1 is 1.00 bits per heavy atom. The number of hydrogen-bond donors (Lipinski definition) is 1. The van der Waals surface area contributed by atoms with Crippen molar-refractivity contribution in [2.24, 2.45) is 0 Å². The molecule has 6 nitrogen and oxygen atoms in total. The lowest BCUT2D eigenvalue weighted by Crippen LogP contribution is -2.51. The Morgan fingerprint density at radius 2 is 1.61 bits per heavy atom. The fourth-order valence-electron chi connectivity index (χ4n) is 3.05. The van der Waals surface area contributed by atoms with Gasteiger partial charge in [0.2, 0.25) is 5.91 Å². The molecular weight excluding hydrogens is 399 g/mol. The molecule has 0 spiro atoms. The Hall–Kier alpha value is -3.09. The van der Waals surface area contributed by atoms with E-state index in [9.17, 15) is 14.0 Å². The van der Waals surface area contributed by atoms with Crippen LogP contribution in [-0.4, -0.2) is 42.5 Å². The van der Waals surface area contributed by atoms with Crippen LogP contribution in [0.15, 0.2) is 48.5 Å². The van der Waals surface area contributed by atoms with E-state index in [-0.39, 0.29) is 36.8 Å². The van der Waals surface area contributed by atoms with E-state index in [1.165, 1.54) is 17.0 Å². The van der Waals surface area contributed by atoms with Gasteiger partial charge in [-0.1, -0.05) is 26.0 Å². The van der Waals surface area contributed by atoms with Crippen LogP contribution < -0.4 is 14.8 Å². The monoisotopic (exact) mass is 430 g/mol. The molecule has 0 aromatic heterocycles. The molecule has 0 radical (unpaired) electrons. The van der Waals surface area contributed by atoms with Crippen molar-refractivity contribution in [2.75, 3.05) is 13.7 Å². The average Bonchev–Trinajstić information content (AvgIpc) is 2.78. The second kappa shape index (κ2) is 11.9. The molecule has 0 heterocycles. The Bertz CT molecular complexity index is 840. The molecule has 2 aromatic rings. The first-order valence-electron chi connectivity index (χ1n) is 10.5. The number of benzene rings is 2. The van der Waals surface area contributed by atoms with Gasteiger partial charge in [-0.15, -0.1) is 0 Å². The topological polar surface area (TPSA) is 67.9 Å². The van der Waals surface area contributed by atoms with Crippen LogP contribution in [0.4, 0.5) is 4.39 Å². The number of hydrogen-bond acceptors (Lipinski definition) is 4. The van der Waals surface area contributed by atoms with Gasteiger partial charge in [-0.05, 0) is 61.7 Å². The van der Waals surface area contributed by atoms with Crippen LogP contribution in [-0.2, 0) is 16.1 Å². The summed E-state index contributed by atoms with van der Waals surface area (Å²) in [6.45, 7) is 5.72. The summed E-state index contributed by atoms with van der Waals surface area (Å²) in [7, 11) is 1.57. The Balaban J connectivity index is 2.18. The molecule has 31 heavy (non-hydrogen) atoms. The van der Waals surface area contributed by atoms with Crippen LogP contribution in [0, 0.1) is 5.82 Å². The number of rotatable bonds is 11. The van der Waals surface area contributed by atoms with Gasteiger partial charge in [0.1, 0.15) is 23.4 Å². The minimum Gasteiger partial charge on any atom is -0.497 e. The molecule has 0 aliphatic rings. The molecule has 0 aliphatic heterocycles. The molecule has 0 unspecified atom stereocenters. The van der Waals surface area contributed by atoms with Crippen LogP contribution in [0.1, 0.15) is 39.2 Å². The van der Waals surface area contributed by atoms with Gasteiger partial charge in [0, 0.05) is 12.6 Å². The molecule has 1 N–H and O–H groups in total. The lowest BCUT2D eigenvalue weighted by molar-refractivity contribution is -0.143. The number of halogens is 1. The van der Waals surface area contributed by atoms with Crippen LogP contribution in [0.2, 0.25) is 0 Å². The normalized spacial score (nSPS) is 12.5. The maximum absolute atomic E-state index is 13.3. The van der Waals surface area contributed by atoms with Gasteiger partial charge in [0.05, 0.1) is 7.11 Å². The highest BCUT2D eigenvalue weighted by Gasteiger charge is 2.29. The third kappa shape index (κ3) is 7.27. The zero-order chi connectivity index (χ0) is 22.8. The fourth-order valence-corrected chi connectivity index (χ4v) is 3.05. The fraction of sp³-hybridized carbons (Fsp3) is 0.417. The molecule has 2 aromatic carbocycles. The molecule has 0 fully saturated rings. The van der Waals surface area contributed by atoms with E-state index >= 15 is 0 Å². The first-order valence-corrected chi connectivity index (χ1v) is 10.5. The van der Waals surface area contributed by atoms with E-state index in [1.807, 2.05) is 20.8 Å². The van der Waals surface area contributed by atoms with Gasteiger partial charge in [0.25, 0.3) is 5.91 Å². The SMILES string of the molecule is CC[C@@H](C)NC(=O)[C@@H](CC)N(Cc1ccc(F)cc1)C(=O)COc1ccc(OC)cc1. The summed E-state index contributed by atoms with van der Waals surface area (Å²) in [6.07, 6.45) is 1.23. The lowest BCUT2D eigenvalue weighted by atomic mass is 10.1. The molecular formula is C24H31FN2O4. The van der Waals surface area contributed by atoms with Crippen LogP contribution in [0.25, 0.3) is 0 Å². The van der Waals surface area contributed by atoms with Crippen LogP contribution in [0.5, 0.6) is 11.5 Å². The van der Waals surface area contributed by atoms with Crippen molar-refractivity contribution in [1.82, 2.24) is 10.2 Å². The molecule has 168 valence electrons. The van der Waals surface area contributed by atoms with E-state index in [0.717, 1.165) is 12.0 Å². The first kappa shape index (κ1) is 24.2. The predicted molar refractivity (Wildman–Crippen MR) is 117 cm³/mol. The summed E-state index contributed by atoms with van der Waals surface area (Å²) in [6, 6.07) is 12.1. The zero-order valence-electron chi connectivity index (χ0n) is 18.6. The van der Waals surface area contributed by atoms with E-state index < -0.39 is 6.04 Å². The first-order chi connectivity index (χ1) is 14.9. The third-order valence-electron chi connectivity index (χ3n) is 5.07. The molecule has 0 aliphatic carbocycles. The van der Waals surface area contributed by atoms with Gasteiger partial charge in [-0.3, -0.25) is 9.59 Å². The van der Waals surface area contributed by atoms with Crippen molar-refractivity contribution in [2.45, 2.75) is 52.2 Å². The smallest absolute Gasteiger partial charge is 0.261 e. The molecule has 2 rings (SSSR count). The van der Waals surface area contributed by atoms with Crippen molar-refractivity contribution >= 4 is 11.8 Å². The summed E-state index contributed by atoms with van der Waals surface area (Å²) in [4.78, 5) is 27.4. The van der Waals surface area contributed by atoms with E-state index in [1.54, 1.807) is 43.5 Å². The van der Waals surface area contributed by atoms with Gasteiger partial charge in [0.15, 0.2) is 6.61 Å². The van der Waals surface area contributed by atoms with Crippen molar-refractivity contribution in [1.29, 1.82) is 0 Å². The summed E-state index contributed by atoms with van der Waals surface area (Å²) in [5, 5.41) is 2.95. The Labute approximate surface area is 183 Å². The quantitative estimate of drug-likeness (QED) is 0.586. The van der Waals surface area contributed by atoms with Gasteiger partial charge in [-0.2, -0.15) is 0 Å². The zero-order valence-corrected chi connectivity index (χ0v) is 18.6. The van der Waals surface area contributed by atoms with Crippen molar-refractivity contribution in [3.05, 3.63) is 59.9 Å². The van der Waals surface area contributed by atoms with Gasteiger partial charge < -0.3 is 19.7 Å². The van der Waals surface area contributed by atoms with E-state index in [4.69, 9.17) is 9.47 Å². The largest absolute Gasteiger partial charge is 0.497 e. The molecule has 0 saturated heterocycles. The number of carbonyl (C=O) groups excluding carboxylic acids is 2. The maximum Gasteiger partial charge on any atom is 0.261 e. The predicted octanol–water partition coefficient (Wildman–Crippen LogP) is 3.94. The molecule has 0 bridgehead atoms. The molecule has 7 heteroatoms. The summed E-state index contributed by atoms with van der Waals surface area (Å²) in [5.41, 5.74) is 0.731. The van der Waals surface area contributed by atoms with Gasteiger partial charge in [-0.25, -0.2) is 4.39 Å². The highest BCUT2D eigenvalue weighted by atomic mass is 19.1. The molecule has 0 saturated carbocycles. The Kier molecular flexibility index (Phi) is 9.31. The minimum absolute atomic E-state index is 0.000118. The third-order valence-corrected chi connectivity index (χ3v) is 5.07. The van der Waals surface area contributed by atoms with Crippen molar-refractivity contribution in [3.63, 3.8) is 0 Å². The maximum atomic E-state index is 13.3. The Morgan fingerprint density at radius 3 is 2.16 bits per heavy atom. The summed E-state index contributed by atoms with van der Waals surface area (Å²) >= 11 is 0. The summed E-state index contributed by atoms with van der Waals surface area (Å²) < 4.78 is 24.1. The van der Waals surface area contributed by atoms with Gasteiger partial charge >= 0.3 is 0 Å². The van der Waals surface area contributed by atoms with Crippen LogP contribution in [0.3, 0.4) is 0 Å². The molecule has 2 amide bonds. The second-order valence-corrected chi connectivity index (χ2v) is 7.35. The van der Waals surface area contributed by atoms with E-state index in [0.29, 0.717) is 17.9 Å². The lowest BCUT2D eigenvalue weighted by Gasteiger charge is -2.31. The number of nitrogens with one attached hydrogen (secondary N) is 1. The van der Waals surface area contributed by atoms with Crippen molar-refractivity contribution in [3.8, 4) is 11.5 Å². The number of methoxy groups -OCH3 is 1. The van der Waals surface area contributed by atoms with Crippen molar-refractivity contribution < 1.29 is 23.5 Å². The highest BCUT2D eigenvalue weighted by Crippen LogP contribution is 2.18. The number of carbonyl (C=O) groups is 2.